The second-order valence-corrected chi connectivity index (χ2v) is 5.26. The minimum atomic E-state index is -1.00. The maximum Gasteiger partial charge on any atom is 0.286 e. The first-order valence-corrected chi connectivity index (χ1v) is 6.10. The van der Waals surface area contributed by atoms with E-state index < -0.39 is 29.6 Å². The molecule has 0 saturated carbocycles. The summed E-state index contributed by atoms with van der Waals surface area (Å²) in [5.74, 6) is 0. The number of fused-ring (bicyclic) bond motifs is 1. The number of aliphatic hydroxyl groups is 3. The standard InChI is InChI=1S/C9H16N2O4S/c1-3(12)7-6(14)5(13)4-8(16-7)15-9(10-2)11-4/h3-8,12-14H,1-2H3,(H,10,11)/t3-,4+,5+,6-,7?,8-/m0/s1. The Balaban J connectivity index is 2.14. The lowest BCUT2D eigenvalue weighted by Gasteiger charge is -2.38. The van der Waals surface area contributed by atoms with Gasteiger partial charge < -0.3 is 25.4 Å². The average molecular weight is 248 g/mol. The molecule has 6 nitrogen and oxygen atoms in total. The molecule has 0 aromatic heterocycles. The van der Waals surface area contributed by atoms with E-state index in [0.717, 1.165) is 0 Å². The molecule has 1 saturated heterocycles. The van der Waals surface area contributed by atoms with Crippen LogP contribution in [0, 0.1) is 0 Å². The van der Waals surface area contributed by atoms with Crippen LogP contribution in [0.5, 0.6) is 0 Å². The van der Waals surface area contributed by atoms with Crippen molar-refractivity contribution in [1.29, 1.82) is 0 Å². The van der Waals surface area contributed by atoms with Crippen LogP contribution in [0.3, 0.4) is 0 Å². The molecule has 0 aliphatic carbocycles. The lowest BCUT2D eigenvalue weighted by atomic mass is 10.0. The molecule has 1 fully saturated rings. The van der Waals surface area contributed by atoms with Gasteiger partial charge in [-0.15, -0.1) is 11.8 Å². The van der Waals surface area contributed by atoms with Crippen molar-refractivity contribution in [1.82, 2.24) is 5.32 Å². The van der Waals surface area contributed by atoms with E-state index >= 15 is 0 Å². The topological polar surface area (TPSA) is 94.3 Å². The second kappa shape index (κ2) is 4.40. The molecule has 2 aliphatic rings. The van der Waals surface area contributed by atoms with Crippen molar-refractivity contribution in [3.63, 3.8) is 0 Å². The van der Waals surface area contributed by atoms with Gasteiger partial charge in [-0.3, -0.25) is 0 Å². The number of thioether (sulfide) groups is 1. The first-order valence-electron chi connectivity index (χ1n) is 5.16. The molecule has 16 heavy (non-hydrogen) atoms. The van der Waals surface area contributed by atoms with E-state index in [1.165, 1.54) is 11.8 Å². The van der Waals surface area contributed by atoms with Crippen LogP contribution in [0.1, 0.15) is 6.92 Å². The number of hydrogen-bond donors (Lipinski definition) is 4. The Kier molecular flexibility index (Phi) is 3.29. The molecule has 0 amide bonds. The van der Waals surface area contributed by atoms with Gasteiger partial charge in [-0.05, 0) is 6.92 Å². The van der Waals surface area contributed by atoms with Crippen molar-refractivity contribution >= 4 is 17.8 Å². The lowest BCUT2D eigenvalue weighted by molar-refractivity contribution is -0.0299. The Morgan fingerprint density at radius 1 is 1.44 bits per heavy atom. The van der Waals surface area contributed by atoms with Gasteiger partial charge in [0.1, 0.15) is 12.1 Å². The molecular formula is C9H16N2O4S. The molecule has 0 spiro atoms. The van der Waals surface area contributed by atoms with Crippen LogP contribution in [0.15, 0.2) is 4.99 Å². The van der Waals surface area contributed by atoms with E-state index in [9.17, 15) is 15.3 Å². The van der Waals surface area contributed by atoms with Crippen LogP contribution in [-0.2, 0) is 4.74 Å². The number of aliphatic hydroxyl groups excluding tert-OH is 3. The molecule has 0 aromatic rings. The highest BCUT2D eigenvalue weighted by atomic mass is 32.2. The number of hydrogen-bond acceptors (Lipinski definition) is 7. The molecule has 7 heteroatoms. The van der Waals surface area contributed by atoms with E-state index in [0.29, 0.717) is 6.02 Å². The fraction of sp³-hybridized carbons (Fsp3) is 0.889. The molecule has 92 valence electrons. The summed E-state index contributed by atoms with van der Waals surface area (Å²) in [5, 5.41) is 31.5. The van der Waals surface area contributed by atoms with Crippen molar-refractivity contribution in [3.8, 4) is 0 Å². The molecule has 0 radical (unpaired) electrons. The van der Waals surface area contributed by atoms with Gasteiger partial charge in [0.25, 0.3) is 6.02 Å². The Labute approximate surface area is 97.7 Å². The van der Waals surface area contributed by atoms with Gasteiger partial charge in [0.05, 0.1) is 17.5 Å². The summed E-state index contributed by atoms with van der Waals surface area (Å²) < 4.78 is 5.43. The van der Waals surface area contributed by atoms with Crippen molar-refractivity contribution in [2.24, 2.45) is 4.99 Å². The monoisotopic (exact) mass is 248 g/mol. The van der Waals surface area contributed by atoms with Crippen LogP contribution < -0.4 is 5.32 Å². The van der Waals surface area contributed by atoms with Crippen LogP contribution >= 0.6 is 11.8 Å². The van der Waals surface area contributed by atoms with Gasteiger partial charge in [-0.2, -0.15) is 0 Å². The molecule has 2 heterocycles. The number of ether oxygens (including phenoxy) is 1. The lowest BCUT2D eigenvalue weighted by Crippen LogP contribution is -2.54. The summed E-state index contributed by atoms with van der Waals surface area (Å²) in [6, 6.07) is -0.113. The smallest absolute Gasteiger partial charge is 0.286 e. The summed E-state index contributed by atoms with van der Waals surface area (Å²) in [6.07, 6.45) is -2.70. The molecule has 2 aliphatic heterocycles. The number of rotatable bonds is 1. The van der Waals surface area contributed by atoms with Crippen LogP contribution in [0.4, 0.5) is 0 Å². The highest BCUT2D eigenvalue weighted by Gasteiger charge is 2.49. The average Bonchev–Trinajstić information content (AvgIpc) is 2.66. The summed E-state index contributed by atoms with van der Waals surface area (Å²) in [6.45, 7) is 1.59. The van der Waals surface area contributed by atoms with Crippen LogP contribution in [-0.4, -0.2) is 63.4 Å². The van der Waals surface area contributed by atoms with Gasteiger partial charge in [0.15, 0.2) is 5.44 Å². The normalized spacial score (nSPS) is 44.3. The zero-order valence-electron chi connectivity index (χ0n) is 9.07. The molecule has 0 bridgehead atoms. The Bertz CT molecular complexity index is 299. The maximum absolute atomic E-state index is 9.89. The van der Waals surface area contributed by atoms with E-state index in [2.05, 4.69) is 10.3 Å². The zero-order chi connectivity index (χ0) is 11.9. The summed E-state index contributed by atoms with van der Waals surface area (Å²) in [7, 11) is 1.68. The molecule has 0 aromatic carbocycles. The minimum Gasteiger partial charge on any atom is -0.448 e. The number of nitrogens with zero attached hydrogens (tertiary/aromatic N) is 1. The SMILES string of the molecule is CNC1=N[C@@H]2[C@@H](O)[C@H](O)C([C@H](C)O)S[C@@H]2O1. The molecule has 4 N–H and O–H groups in total. The highest BCUT2D eigenvalue weighted by Crippen LogP contribution is 2.39. The van der Waals surface area contributed by atoms with Gasteiger partial charge in [0.2, 0.25) is 0 Å². The quantitative estimate of drug-likeness (QED) is 0.451. The second-order valence-electron chi connectivity index (χ2n) is 3.98. The molecule has 6 atom stereocenters. The summed E-state index contributed by atoms with van der Waals surface area (Å²) in [5.41, 5.74) is -0.347. The van der Waals surface area contributed by atoms with E-state index in [1.807, 2.05) is 0 Å². The molecule has 1 unspecified atom stereocenters. The third-order valence-electron chi connectivity index (χ3n) is 2.79. The maximum atomic E-state index is 9.89. The fourth-order valence-electron chi connectivity index (χ4n) is 1.91. The van der Waals surface area contributed by atoms with Gasteiger partial charge >= 0.3 is 0 Å². The van der Waals surface area contributed by atoms with Crippen molar-refractivity contribution in [3.05, 3.63) is 0 Å². The van der Waals surface area contributed by atoms with Crippen molar-refractivity contribution < 1.29 is 20.1 Å². The third kappa shape index (κ3) is 1.88. The minimum absolute atomic E-state index is 0.347. The zero-order valence-corrected chi connectivity index (χ0v) is 9.89. The summed E-state index contributed by atoms with van der Waals surface area (Å²) >= 11 is 1.30. The number of nitrogens with one attached hydrogen (secondary N) is 1. The molecule has 2 rings (SSSR count). The first kappa shape index (κ1) is 12.0. The summed E-state index contributed by atoms with van der Waals surface area (Å²) in [4.78, 5) is 4.12. The van der Waals surface area contributed by atoms with Crippen LogP contribution in [0.2, 0.25) is 0 Å². The van der Waals surface area contributed by atoms with E-state index in [-0.39, 0.29) is 5.44 Å². The molecular weight excluding hydrogens is 232 g/mol. The van der Waals surface area contributed by atoms with Gasteiger partial charge in [-0.1, -0.05) is 0 Å². The first-order chi connectivity index (χ1) is 7.54. The Hall–Kier alpha value is -0.500. The third-order valence-corrected chi connectivity index (χ3v) is 4.42. The largest absolute Gasteiger partial charge is 0.448 e. The van der Waals surface area contributed by atoms with Gasteiger partial charge in [0, 0.05) is 7.05 Å². The fourth-order valence-corrected chi connectivity index (χ4v) is 3.30. The number of amidine groups is 1. The predicted octanol–water partition coefficient (Wildman–Crippen LogP) is -1.50. The van der Waals surface area contributed by atoms with Crippen molar-refractivity contribution in [2.75, 3.05) is 7.05 Å². The van der Waals surface area contributed by atoms with E-state index in [1.54, 1.807) is 14.0 Å². The highest BCUT2D eigenvalue weighted by molar-refractivity contribution is 8.00. The van der Waals surface area contributed by atoms with Crippen LogP contribution in [0.25, 0.3) is 0 Å². The van der Waals surface area contributed by atoms with Crippen molar-refractivity contribution in [2.45, 2.75) is 42.0 Å². The Morgan fingerprint density at radius 3 is 2.69 bits per heavy atom. The van der Waals surface area contributed by atoms with Gasteiger partial charge in [-0.25, -0.2) is 4.99 Å². The Morgan fingerprint density at radius 2 is 2.12 bits per heavy atom. The number of aliphatic imine (C=N–C) groups is 1. The van der Waals surface area contributed by atoms with E-state index in [4.69, 9.17) is 4.74 Å². The predicted molar refractivity (Wildman–Crippen MR) is 60.2 cm³/mol.